The van der Waals surface area contributed by atoms with Crippen molar-refractivity contribution in [3.05, 3.63) is 35.9 Å². The van der Waals surface area contributed by atoms with E-state index in [9.17, 15) is 5.11 Å². The molecule has 3 atom stereocenters. The zero-order chi connectivity index (χ0) is 11.0. The van der Waals surface area contributed by atoms with Crippen LogP contribution in [0.25, 0.3) is 0 Å². The van der Waals surface area contributed by atoms with Crippen LogP contribution in [0.2, 0.25) is 0 Å². The third kappa shape index (κ3) is 1.87. The van der Waals surface area contributed by atoms with Gasteiger partial charge in [-0.05, 0) is 30.2 Å². The van der Waals surface area contributed by atoms with E-state index in [0.29, 0.717) is 11.8 Å². The molecule has 1 aromatic carbocycles. The molecule has 0 aromatic heterocycles. The first-order chi connectivity index (χ1) is 7.83. The van der Waals surface area contributed by atoms with Crippen molar-refractivity contribution in [3.63, 3.8) is 0 Å². The number of fused-ring (bicyclic) bond motifs is 2. The molecule has 0 radical (unpaired) electrons. The number of aliphatic hydroxyl groups is 1. The summed E-state index contributed by atoms with van der Waals surface area (Å²) in [6.45, 7) is 3.19. The van der Waals surface area contributed by atoms with Crippen LogP contribution in [0.1, 0.15) is 18.4 Å². The zero-order valence-electron chi connectivity index (χ0n) is 9.55. The molecule has 1 saturated heterocycles. The largest absolute Gasteiger partial charge is 0.392 e. The van der Waals surface area contributed by atoms with Gasteiger partial charge in [0.1, 0.15) is 0 Å². The number of nitrogens with zero attached hydrogens (tertiary/aromatic N) is 1. The molecule has 1 aliphatic carbocycles. The van der Waals surface area contributed by atoms with Gasteiger partial charge in [-0.15, -0.1) is 0 Å². The third-order valence-corrected chi connectivity index (χ3v) is 4.11. The number of benzene rings is 1. The number of hydrogen-bond donors (Lipinski definition) is 1. The van der Waals surface area contributed by atoms with Crippen molar-refractivity contribution in [2.75, 3.05) is 13.1 Å². The Morgan fingerprint density at radius 3 is 2.31 bits per heavy atom. The van der Waals surface area contributed by atoms with Crippen molar-refractivity contribution in [2.45, 2.75) is 25.5 Å². The molecule has 0 spiro atoms. The highest BCUT2D eigenvalue weighted by molar-refractivity contribution is 5.14. The third-order valence-electron chi connectivity index (χ3n) is 4.11. The lowest BCUT2D eigenvalue weighted by atomic mass is 9.95. The molecule has 2 bridgehead atoms. The van der Waals surface area contributed by atoms with Gasteiger partial charge in [0.25, 0.3) is 0 Å². The molecule has 3 rings (SSSR count). The molecule has 1 saturated carbocycles. The van der Waals surface area contributed by atoms with E-state index in [-0.39, 0.29) is 6.10 Å². The molecule has 2 aliphatic rings. The maximum atomic E-state index is 9.97. The quantitative estimate of drug-likeness (QED) is 0.817. The second-order valence-corrected chi connectivity index (χ2v) is 5.27. The minimum Gasteiger partial charge on any atom is -0.392 e. The Morgan fingerprint density at radius 1 is 1.06 bits per heavy atom. The Hall–Kier alpha value is -0.860. The van der Waals surface area contributed by atoms with Gasteiger partial charge in [0.05, 0.1) is 6.10 Å². The smallest absolute Gasteiger partial charge is 0.0620 e. The van der Waals surface area contributed by atoms with E-state index in [0.717, 1.165) is 19.6 Å². The van der Waals surface area contributed by atoms with Gasteiger partial charge in [0.15, 0.2) is 0 Å². The molecule has 1 aromatic rings. The molecular weight excluding hydrogens is 198 g/mol. The van der Waals surface area contributed by atoms with Crippen LogP contribution in [0.15, 0.2) is 30.3 Å². The number of piperidine rings is 1. The summed E-state index contributed by atoms with van der Waals surface area (Å²) < 4.78 is 0. The van der Waals surface area contributed by atoms with Crippen LogP contribution in [-0.4, -0.2) is 29.2 Å². The molecule has 2 fully saturated rings. The molecule has 1 heterocycles. The highest BCUT2D eigenvalue weighted by Gasteiger charge is 2.40. The van der Waals surface area contributed by atoms with Crippen molar-refractivity contribution in [2.24, 2.45) is 11.8 Å². The Morgan fingerprint density at radius 2 is 1.69 bits per heavy atom. The second kappa shape index (κ2) is 4.19. The number of likely N-dealkylation sites (tertiary alicyclic amines) is 1. The molecule has 0 amide bonds. The molecule has 2 unspecified atom stereocenters. The van der Waals surface area contributed by atoms with Gasteiger partial charge in [-0.3, -0.25) is 4.90 Å². The van der Waals surface area contributed by atoms with Crippen LogP contribution in [0, 0.1) is 11.8 Å². The lowest BCUT2D eigenvalue weighted by molar-refractivity contribution is 0.0139. The van der Waals surface area contributed by atoms with Crippen LogP contribution in [0.3, 0.4) is 0 Å². The summed E-state index contributed by atoms with van der Waals surface area (Å²) in [5.74, 6) is 1.06. The monoisotopic (exact) mass is 217 g/mol. The maximum Gasteiger partial charge on any atom is 0.0620 e. The second-order valence-electron chi connectivity index (χ2n) is 5.27. The number of rotatable bonds is 2. The molecule has 1 N–H and O–H groups in total. The minimum atomic E-state index is -0.0213. The van der Waals surface area contributed by atoms with Crippen LogP contribution >= 0.6 is 0 Å². The Kier molecular flexibility index (Phi) is 2.70. The molecule has 2 heteroatoms. The fourth-order valence-electron chi connectivity index (χ4n) is 3.26. The summed E-state index contributed by atoms with van der Waals surface area (Å²) in [7, 11) is 0. The standard InChI is InChI=1S/C14H19NO/c16-14-12-6-7-13(14)10-15(9-12)8-11-4-2-1-3-5-11/h1-5,12-14,16H,6-10H2/t12-,13?,14?/m0/s1. The van der Waals surface area contributed by atoms with E-state index >= 15 is 0 Å². The van der Waals surface area contributed by atoms with Crippen molar-refractivity contribution < 1.29 is 5.11 Å². The summed E-state index contributed by atoms with van der Waals surface area (Å²) in [6, 6.07) is 10.6. The van der Waals surface area contributed by atoms with Crippen molar-refractivity contribution in [1.82, 2.24) is 4.90 Å². The van der Waals surface area contributed by atoms with E-state index in [2.05, 4.69) is 35.2 Å². The summed E-state index contributed by atoms with van der Waals surface area (Å²) in [5.41, 5.74) is 1.39. The Bertz CT molecular complexity index is 337. The van der Waals surface area contributed by atoms with E-state index in [1.165, 1.54) is 18.4 Å². The maximum absolute atomic E-state index is 9.97. The van der Waals surface area contributed by atoms with Gasteiger partial charge in [-0.2, -0.15) is 0 Å². The van der Waals surface area contributed by atoms with Gasteiger partial charge >= 0.3 is 0 Å². The Labute approximate surface area is 96.9 Å². The van der Waals surface area contributed by atoms with E-state index in [1.807, 2.05) is 0 Å². The Balaban J connectivity index is 1.66. The predicted molar refractivity (Wildman–Crippen MR) is 63.9 cm³/mol. The molecule has 86 valence electrons. The molecule has 2 nitrogen and oxygen atoms in total. The first kappa shape index (κ1) is 10.3. The lowest BCUT2D eigenvalue weighted by Gasteiger charge is -2.35. The SMILES string of the molecule is OC1C2CC[C@H]1CN(Cc1ccccc1)C2. The van der Waals surface area contributed by atoms with Gasteiger partial charge in [-0.25, -0.2) is 0 Å². The highest BCUT2D eigenvalue weighted by Crippen LogP contribution is 2.37. The van der Waals surface area contributed by atoms with Crippen molar-refractivity contribution >= 4 is 0 Å². The van der Waals surface area contributed by atoms with Crippen LogP contribution in [0.5, 0.6) is 0 Å². The van der Waals surface area contributed by atoms with E-state index in [4.69, 9.17) is 0 Å². The first-order valence-electron chi connectivity index (χ1n) is 6.27. The summed E-state index contributed by atoms with van der Waals surface area (Å²) >= 11 is 0. The van der Waals surface area contributed by atoms with Gasteiger partial charge in [0, 0.05) is 19.6 Å². The summed E-state index contributed by atoms with van der Waals surface area (Å²) in [4.78, 5) is 2.50. The normalized spacial score (nSPS) is 34.2. The molecule has 1 aliphatic heterocycles. The van der Waals surface area contributed by atoms with Crippen molar-refractivity contribution in [3.8, 4) is 0 Å². The average molecular weight is 217 g/mol. The zero-order valence-corrected chi connectivity index (χ0v) is 9.55. The van der Waals surface area contributed by atoms with Gasteiger partial charge < -0.3 is 5.11 Å². The topological polar surface area (TPSA) is 23.5 Å². The van der Waals surface area contributed by atoms with Gasteiger partial charge in [-0.1, -0.05) is 30.3 Å². The van der Waals surface area contributed by atoms with Crippen LogP contribution < -0.4 is 0 Å². The fourth-order valence-corrected chi connectivity index (χ4v) is 3.26. The number of hydrogen-bond acceptors (Lipinski definition) is 2. The molecular formula is C14H19NO. The summed E-state index contributed by atoms with van der Waals surface area (Å²) in [6.07, 6.45) is 2.42. The first-order valence-corrected chi connectivity index (χ1v) is 6.27. The van der Waals surface area contributed by atoms with Crippen LogP contribution in [0.4, 0.5) is 0 Å². The summed E-state index contributed by atoms with van der Waals surface area (Å²) in [5, 5.41) is 9.97. The number of aliphatic hydroxyl groups excluding tert-OH is 1. The average Bonchev–Trinajstić information content (AvgIpc) is 2.54. The van der Waals surface area contributed by atoms with E-state index < -0.39 is 0 Å². The minimum absolute atomic E-state index is 0.0213. The fraction of sp³-hybridized carbons (Fsp3) is 0.571. The van der Waals surface area contributed by atoms with E-state index in [1.54, 1.807) is 0 Å². The lowest BCUT2D eigenvalue weighted by Crippen LogP contribution is -2.44. The highest BCUT2D eigenvalue weighted by atomic mass is 16.3. The van der Waals surface area contributed by atoms with Gasteiger partial charge in [0.2, 0.25) is 0 Å². The molecule has 16 heavy (non-hydrogen) atoms. The van der Waals surface area contributed by atoms with Crippen LogP contribution in [-0.2, 0) is 6.54 Å². The predicted octanol–water partition coefficient (Wildman–Crippen LogP) is 1.89. The van der Waals surface area contributed by atoms with Crippen molar-refractivity contribution in [1.29, 1.82) is 0 Å².